The summed E-state index contributed by atoms with van der Waals surface area (Å²) in [4.78, 5) is 32.4. The molecule has 2 heterocycles. The number of nitrogens with zero attached hydrogens (tertiary/aromatic N) is 1. The Morgan fingerprint density at radius 2 is 1.77 bits per heavy atom. The van der Waals surface area contributed by atoms with Gasteiger partial charge in [-0.1, -0.05) is 50.2 Å². The molecule has 6 heteroatoms. The SMILES string of the molecule is CC(=O)c1ccc(-c2ccc(C(=O)N[C@@H](CC(C)C)c3nc4ccccc4[nH]3)o2)cc1. The molecular formula is C25H25N3O3. The average Bonchev–Trinajstić information content (AvgIpc) is 3.40. The largest absolute Gasteiger partial charge is 0.451 e. The van der Waals surface area contributed by atoms with Crippen LogP contribution in [0.1, 0.15) is 60.0 Å². The lowest BCUT2D eigenvalue weighted by atomic mass is 10.0. The number of ketones is 1. The van der Waals surface area contributed by atoms with Crippen LogP contribution in [-0.2, 0) is 0 Å². The number of aromatic nitrogens is 2. The van der Waals surface area contributed by atoms with E-state index in [1.807, 2.05) is 36.4 Å². The lowest BCUT2D eigenvalue weighted by Gasteiger charge is -2.18. The fraction of sp³-hybridized carbons (Fsp3) is 0.240. The van der Waals surface area contributed by atoms with Crippen LogP contribution in [0.25, 0.3) is 22.4 Å². The minimum Gasteiger partial charge on any atom is -0.451 e. The molecule has 0 spiro atoms. The van der Waals surface area contributed by atoms with Gasteiger partial charge >= 0.3 is 0 Å². The summed E-state index contributed by atoms with van der Waals surface area (Å²) < 4.78 is 5.80. The lowest BCUT2D eigenvalue weighted by molar-refractivity contribution is 0.0902. The first-order valence-electron chi connectivity index (χ1n) is 10.4. The molecule has 1 amide bonds. The number of hydrogen-bond donors (Lipinski definition) is 2. The summed E-state index contributed by atoms with van der Waals surface area (Å²) in [7, 11) is 0. The molecule has 0 saturated carbocycles. The number of rotatable bonds is 7. The van der Waals surface area contributed by atoms with E-state index in [1.54, 1.807) is 24.3 Å². The maximum absolute atomic E-state index is 12.9. The molecule has 158 valence electrons. The van der Waals surface area contributed by atoms with Crippen molar-refractivity contribution in [3.8, 4) is 11.3 Å². The zero-order valence-corrected chi connectivity index (χ0v) is 17.8. The minimum absolute atomic E-state index is 0.00726. The van der Waals surface area contributed by atoms with Crippen LogP contribution < -0.4 is 5.32 Å². The monoisotopic (exact) mass is 415 g/mol. The Balaban J connectivity index is 1.54. The zero-order chi connectivity index (χ0) is 22.0. The lowest BCUT2D eigenvalue weighted by Crippen LogP contribution is -2.30. The highest BCUT2D eigenvalue weighted by Crippen LogP contribution is 2.25. The van der Waals surface area contributed by atoms with Crippen LogP contribution in [0, 0.1) is 5.92 Å². The Labute approximate surface area is 180 Å². The Bertz CT molecular complexity index is 1190. The topological polar surface area (TPSA) is 88.0 Å². The fourth-order valence-electron chi connectivity index (χ4n) is 3.56. The number of imidazole rings is 1. The first-order chi connectivity index (χ1) is 14.9. The third-order valence-corrected chi connectivity index (χ3v) is 5.16. The van der Waals surface area contributed by atoms with Gasteiger partial charge in [0.05, 0.1) is 17.1 Å². The number of para-hydroxylation sites is 2. The summed E-state index contributed by atoms with van der Waals surface area (Å²) in [5.41, 5.74) is 3.25. The number of fused-ring (bicyclic) bond motifs is 1. The molecule has 0 bridgehead atoms. The van der Waals surface area contributed by atoms with Crippen molar-refractivity contribution < 1.29 is 14.0 Å². The molecular weight excluding hydrogens is 390 g/mol. The van der Waals surface area contributed by atoms with E-state index in [1.165, 1.54) is 6.92 Å². The highest BCUT2D eigenvalue weighted by molar-refractivity contribution is 5.94. The van der Waals surface area contributed by atoms with Crippen molar-refractivity contribution in [2.24, 2.45) is 5.92 Å². The number of carbonyl (C=O) groups excluding carboxylic acids is 2. The van der Waals surface area contributed by atoms with Gasteiger partial charge in [-0.25, -0.2) is 4.98 Å². The number of furan rings is 1. The molecule has 0 aliphatic carbocycles. The molecule has 0 radical (unpaired) electrons. The Kier molecular flexibility index (Phi) is 5.71. The van der Waals surface area contributed by atoms with E-state index >= 15 is 0 Å². The van der Waals surface area contributed by atoms with Gasteiger partial charge in [0.25, 0.3) is 5.91 Å². The van der Waals surface area contributed by atoms with Crippen molar-refractivity contribution >= 4 is 22.7 Å². The maximum atomic E-state index is 12.9. The van der Waals surface area contributed by atoms with Gasteiger partial charge in [-0.3, -0.25) is 9.59 Å². The Morgan fingerprint density at radius 3 is 2.45 bits per heavy atom. The molecule has 4 aromatic rings. The van der Waals surface area contributed by atoms with Crippen molar-refractivity contribution in [2.75, 3.05) is 0 Å². The third kappa shape index (κ3) is 4.58. The number of H-pyrrole nitrogens is 1. The summed E-state index contributed by atoms with van der Waals surface area (Å²) in [6.07, 6.45) is 0.742. The van der Waals surface area contributed by atoms with E-state index in [0.29, 0.717) is 17.2 Å². The van der Waals surface area contributed by atoms with Crippen LogP contribution in [-0.4, -0.2) is 21.7 Å². The van der Waals surface area contributed by atoms with Crippen molar-refractivity contribution in [3.05, 3.63) is 77.8 Å². The average molecular weight is 415 g/mol. The number of amides is 1. The van der Waals surface area contributed by atoms with Gasteiger partial charge in [0.1, 0.15) is 11.6 Å². The quantitative estimate of drug-likeness (QED) is 0.388. The second kappa shape index (κ2) is 8.60. The molecule has 0 fully saturated rings. The number of Topliss-reactive ketones (excluding diaryl/α,β-unsaturated/α-hetero) is 1. The molecule has 2 aromatic heterocycles. The molecule has 4 rings (SSSR count). The summed E-state index contributed by atoms with van der Waals surface area (Å²) in [5.74, 6) is 1.62. The Morgan fingerprint density at radius 1 is 1.03 bits per heavy atom. The van der Waals surface area contributed by atoms with E-state index in [2.05, 4.69) is 29.1 Å². The van der Waals surface area contributed by atoms with Gasteiger partial charge < -0.3 is 14.7 Å². The van der Waals surface area contributed by atoms with Gasteiger partial charge in [0, 0.05) is 11.1 Å². The standard InChI is InChI=1S/C25H25N3O3/c1-15(2)14-21(24-26-19-6-4-5-7-20(19)27-24)28-25(30)23-13-12-22(31-23)18-10-8-17(9-11-18)16(3)29/h4-13,15,21H,14H2,1-3H3,(H,26,27)(H,28,30)/t21-/m0/s1. The highest BCUT2D eigenvalue weighted by Gasteiger charge is 2.22. The maximum Gasteiger partial charge on any atom is 0.287 e. The number of carbonyl (C=O) groups is 2. The molecule has 2 aromatic carbocycles. The molecule has 0 unspecified atom stereocenters. The van der Waals surface area contributed by atoms with Crippen molar-refractivity contribution in [3.63, 3.8) is 0 Å². The second-order valence-electron chi connectivity index (χ2n) is 8.09. The van der Waals surface area contributed by atoms with Gasteiger partial charge in [0.2, 0.25) is 0 Å². The van der Waals surface area contributed by atoms with Crippen LogP contribution in [0.4, 0.5) is 0 Å². The van der Waals surface area contributed by atoms with E-state index in [4.69, 9.17) is 4.42 Å². The van der Waals surface area contributed by atoms with E-state index < -0.39 is 0 Å². The summed E-state index contributed by atoms with van der Waals surface area (Å²) >= 11 is 0. The smallest absolute Gasteiger partial charge is 0.287 e. The summed E-state index contributed by atoms with van der Waals surface area (Å²) in [6, 6.07) is 18.1. The van der Waals surface area contributed by atoms with Gasteiger partial charge in [-0.05, 0) is 43.5 Å². The fourth-order valence-corrected chi connectivity index (χ4v) is 3.56. The molecule has 1 atom stereocenters. The first kappa shape index (κ1) is 20.6. The first-order valence-corrected chi connectivity index (χ1v) is 10.4. The van der Waals surface area contributed by atoms with Crippen LogP contribution in [0.2, 0.25) is 0 Å². The predicted molar refractivity (Wildman–Crippen MR) is 120 cm³/mol. The second-order valence-corrected chi connectivity index (χ2v) is 8.09. The van der Waals surface area contributed by atoms with Crippen molar-refractivity contribution in [2.45, 2.75) is 33.2 Å². The molecule has 6 nitrogen and oxygen atoms in total. The minimum atomic E-state index is -0.294. The number of aromatic amines is 1. The number of nitrogens with one attached hydrogen (secondary N) is 2. The summed E-state index contributed by atoms with van der Waals surface area (Å²) in [6.45, 7) is 5.74. The van der Waals surface area contributed by atoms with Crippen LogP contribution in [0.5, 0.6) is 0 Å². The summed E-state index contributed by atoms with van der Waals surface area (Å²) in [5, 5.41) is 3.06. The predicted octanol–water partition coefficient (Wildman–Crippen LogP) is 5.54. The van der Waals surface area contributed by atoms with Crippen LogP contribution in [0.15, 0.2) is 65.1 Å². The van der Waals surface area contributed by atoms with Crippen molar-refractivity contribution in [1.29, 1.82) is 0 Å². The normalized spacial score (nSPS) is 12.3. The van der Waals surface area contributed by atoms with E-state index in [0.717, 1.165) is 28.8 Å². The third-order valence-electron chi connectivity index (χ3n) is 5.16. The molecule has 2 N–H and O–H groups in total. The van der Waals surface area contributed by atoms with Crippen LogP contribution >= 0.6 is 0 Å². The van der Waals surface area contributed by atoms with Crippen LogP contribution in [0.3, 0.4) is 0 Å². The van der Waals surface area contributed by atoms with Gasteiger partial charge in [-0.15, -0.1) is 0 Å². The number of benzene rings is 2. The zero-order valence-electron chi connectivity index (χ0n) is 17.8. The van der Waals surface area contributed by atoms with Gasteiger partial charge in [-0.2, -0.15) is 0 Å². The van der Waals surface area contributed by atoms with Crippen molar-refractivity contribution in [1.82, 2.24) is 15.3 Å². The molecule has 0 saturated heterocycles. The molecule has 0 aliphatic rings. The molecule has 0 aliphatic heterocycles. The van der Waals surface area contributed by atoms with E-state index in [9.17, 15) is 9.59 Å². The van der Waals surface area contributed by atoms with Gasteiger partial charge in [0.15, 0.2) is 11.5 Å². The number of hydrogen-bond acceptors (Lipinski definition) is 4. The molecule has 31 heavy (non-hydrogen) atoms. The van der Waals surface area contributed by atoms with E-state index in [-0.39, 0.29) is 23.5 Å². The Hall–Kier alpha value is -3.67. The highest BCUT2D eigenvalue weighted by atomic mass is 16.3.